The number of halogens is 1. The molecular formula is C33H34IN3O4S. The van der Waals surface area contributed by atoms with E-state index in [2.05, 4.69) is 72.2 Å². The van der Waals surface area contributed by atoms with Crippen molar-refractivity contribution in [1.29, 1.82) is 0 Å². The Kier molecular flexibility index (Phi) is 8.61. The zero-order valence-electron chi connectivity index (χ0n) is 24.8. The number of benzene rings is 2. The maximum atomic E-state index is 14.1. The van der Waals surface area contributed by atoms with Gasteiger partial charge in [0.05, 0.1) is 34.6 Å². The van der Waals surface area contributed by atoms with Gasteiger partial charge in [-0.25, -0.2) is 9.79 Å². The molecule has 0 spiro atoms. The lowest BCUT2D eigenvalue weighted by Crippen LogP contribution is -2.40. The zero-order valence-corrected chi connectivity index (χ0v) is 27.8. The second-order valence-corrected chi connectivity index (χ2v) is 12.8. The van der Waals surface area contributed by atoms with Crippen molar-refractivity contribution in [2.45, 2.75) is 60.6 Å². The molecule has 2 aromatic carbocycles. The number of thiazole rings is 1. The summed E-state index contributed by atoms with van der Waals surface area (Å²) in [6.07, 6.45) is 1.62. The second kappa shape index (κ2) is 12.0. The molecule has 0 N–H and O–H groups in total. The molecule has 218 valence electrons. The number of ether oxygens (including phenoxy) is 2. The van der Waals surface area contributed by atoms with E-state index in [1.54, 1.807) is 11.5 Å². The lowest BCUT2D eigenvalue weighted by atomic mass is 9.96. The van der Waals surface area contributed by atoms with Gasteiger partial charge in [-0.2, -0.15) is 0 Å². The van der Waals surface area contributed by atoms with Crippen molar-refractivity contribution in [3.63, 3.8) is 0 Å². The van der Waals surface area contributed by atoms with Gasteiger partial charge in [0.25, 0.3) is 5.56 Å². The summed E-state index contributed by atoms with van der Waals surface area (Å²) < 4.78 is 16.8. The van der Waals surface area contributed by atoms with Gasteiger partial charge >= 0.3 is 5.97 Å². The van der Waals surface area contributed by atoms with Gasteiger partial charge < -0.3 is 14.0 Å². The van der Waals surface area contributed by atoms with Crippen LogP contribution in [0, 0.1) is 24.3 Å². The third-order valence-electron chi connectivity index (χ3n) is 7.26. The molecule has 1 unspecified atom stereocenters. The van der Waals surface area contributed by atoms with Gasteiger partial charge in [0.1, 0.15) is 5.75 Å². The summed E-state index contributed by atoms with van der Waals surface area (Å²) in [4.78, 5) is 32.7. The minimum Gasteiger partial charge on any atom is -0.494 e. The van der Waals surface area contributed by atoms with Gasteiger partial charge in [-0.3, -0.25) is 9.36 Å². The third kappa shape index (κ3) is 5.64. The molecular weight excluding hydrogens is 661 g/mol. The van der Waals surface area contributed by atoms with E-state index in [4.69, 9.17) is 14.5 Å². The molecule has 42 heavy (non-hydrogen) atoms. The number of hydrogen-bond acceptors (Lipinski definition) is 6. The largest absolute Gasteiger partial charge is 0.494 e. The van der Waals surface area contributed by atoms with E-state index in [1.165, 1.54) is 20.5 Å². The number of esters is 1. The van der Waals surface area contributed by atoms with Crippen LogP contribution in [-0.4, -0.2) is 27.8 Å². The number of carbonyl (C=O) groups is 1. The van der Waals surface area contributed by atoms with Crippen molar-refractivity contribution >= 4 is 46.0 Å². The molecule has 1 aliphatic heterocycles. The van der Waals surface area contributed by atoms with E-state index in [1.807, 2.05) is 51.1 Å². The molecule has 0 saturated heterocycles. The molecule has 1 aliphatic rings. The van der Waals surface area contributed by atoms with Crippen LogP contribution in [0.4, 0.5) is 0 Å². The van der Waals surface area contributed by atoms with Crippen molar-refractivity contribution in [2.24, 2.45) is 4.99 Å². The number of hydrogen-bond donors (Lipinski definition) is 0. The average Bonchev–Trinajstić information content (AvgIpc) is 3.39. The fourth-order valence-electron chi connectivity index (χ4n) is 5.28. The van der Waals surface area contributed by atoms with Crippen LogP contribution < -0.4 is 19.6 Å². The van der Waals surface area contributed by atoms with E-state index in [0.717, 1.165) is 34.0 Å². The Morgan fingerprint density at radius 3 is 2.45 bits per heavy atom. The number of rotatable bonds is 7. The fourth-order valence-corrected chi connectivity index (χ4v) is 6.82. The van der Waals surface area contributed by atoms with Crippen LogP contribution in [0.5, 0.6) is 5.75 Å². The summed E-state index contributed by atoms with van der Waals surface area (Å²) in [6.45, 7) is 14.1. The van der Waals surface area contributed by atoms with Gasteiger partial charge in [-0.15, -0.1) is 0 Å². The second-order valence-electron chi connectivity index (χ2n) is 10.6. The Morgan fingerprint density at radius 1 is 1.10 bits per heavy atom. The van der Waals surface area contributed by atoms with E-state index in [9.17, 15) is 9.59 Å². The van der Waals surface area contributed by atoms with Crippen molar-refractivity contribution in [1.82, 2.24) is 9.13 Å². The molecule has 0 saturated carbocycles. The number of carbonyl (C=O) groups excluding carboxylic acids is 1. The SMILES string of the molecule is CCOc1ccc(C2C(C(=O)OC(C)C)=C(C)N=c3s/c(=C/c4cc(C)n(-c5ccc(C)c(I)c5)c4C)c(=O)n32)cc1. The Morgan fingerprint density at radius 2 is 1.81 bits per heavy atom. The monoisotopic (exact) mass is 695 g/mol. The van der Waals surface area contributed by atoms with Crippen LogP contribution in [0.1, 0.15) is 61.8 Å². The molecule has 0 fully saturated rings. The highest BCUT2D eigenvalue weighted by atomic mass is 127. The number of aromatic nitrogens is 2. The quantitative estimate of drug-likeness (QED) is 0.178. The first kappa shape index (κ1) is 30.0. The highest BCUT2D eigenvalue weighted by Gasteiger charge is 2.34. The lowest BCUT2D eigenvalue weighted by molar-refractivity contribution is -0.143. The maximum absolute atomic E-state index is 14.1. The van der Waals surface area contributed by atoms with E-state index in [0.29, 0.717) is 27.2 Å². The predicted molar refractivity (Wildman–Crippen MR) is 175 cm³/mol. The molecule has 7 nitrogen and oxygen atoms in total. The van der Waals surface area contributed by atoms with Crippen molar-refractivity contribution in [3.05, 3.63) is 111 Å². The van der Waals surface area contributed by atoms with Gasteiger partial charge in [0.15, 0.2) is 4.80 Å². The Hall–Kier alpha value is -3.44. The Balaban J connectivity index is 1.66. The van der Waals surface area contributed by atoms with Gasteiger partial charge in [-0.1, -0.05) is 29.5 Å². The normalized spacial score (nSPS) is 15.2. The molecule has 4 aromatic rings. The molecule has 0 radical (unpaired) electrons. The molecule has 0 amide bonds. The molecule has 0 aliphatic carbocycles. The Labute approximate surface area is 263 Å². The third-order valence-corrected chi connectivity index (χ3v) is 9.41. The van der Waals surface area contributed by atoms with Gasteiger partial charge in [0, 0.05) is 20.6 Å². The zero-order chi connectivity index (χ0) is 30.3. The van der Waals surface area contributed by atoms with Crippen molar-refractivity contribution < 1.29 is 14.3 Å². The molecule has 1 atom stereocenters. The fraction of sp³-hybridized carbons (Fsp3) is 0.303. The highest BCUT2D eigenvalue weighted by molar-refractivity contribution is 14.1. The molecule has 9 heteroatoms. The van der Waals surface area contributed by atoms with Crippen LogP contribution >= 0.6 is 33.9 Å². The first-order valence-electron chi connectivity index (χ1n) is 13.9. The number of allylic oxidation sites excluding steroid dienone is 1. The minimum absolute atomic E-state index is 0.199. The number of nitrogens with zero attached hydrogens (tertiary/aromatic N) is 3. The first-order valence-corrected chi connectivity index (χ1v) is 15.8. The minimum atomic E-state index is -0.674. The summed E-state index contributed by atoms with van der Waals surface area (Å²) in [5.74, 6) is 0.245. The summed E-state index contributed by atoms with van der Waals surface area (Å²) in [7, 11) is 0. The van der Waals surface area contributed by atoms with Crippen LogP contribution in [0.3, 0.4) is 0 Å². The van der Waals surface area contributed by atoms with Gasteiger partial charge in [-0.05, 0) is 124 Å². The predicted octanol–water partition coefficient (Wildman–Crippen LogP) is 5.91. The summed E-state index contributed by atoms with van der Waals surface area (Å²) >= 11 is 3.69. The van der Waals surface area contributed by atoms with Gasteiger partial charge in [0.2, 0.25) is 0 Å². The summed E-state index contributed by atoms with van der Waals surface area (Å²) in [5.41, 5.74) is 6.88. The molecule has 5 rings (SSSR count). The maximum Gasteiger partial charge on any atom is 0.338 e. The molecule has 3 heterocycles. The molecule has 2 aromatic heterocycles. The lowest BCUT2D eigenvalue weighted by Gasteiger charge is -2.25. The standard InChI is InChI=1S/C33H34IN3O4S/c1-8-40-26-13-10-23(11-14-26)30-29(32(39)41-18(2)3)21(6)35-33-37(30)31(38)28(42-33)16-24-15-20(5)36(22(24)7)25-12-9-19(4)27(34)17-25/h9-18,30H,8H2,1-7H3/b28-16+. The Bertz CT molecular complexity index is 1890. The molecule has 0 bridgehead atoms. The van der Waals surface area contributed by atoms with Crippen molar-refractivity contribution in [2.75, 3.05) is 6.61 Å². The van der Waals surface area contributed by atoms with E-state index < -0.39 is 12.0 Å². The van der Waals surface area contributed by atoms with Crippen molar-refractivity contribution in [3.8, 4) is 11.4 Å². The topological polar surface area (TPSA) is 74.8 Å². The smallest absolute Gasteiger partial charge is 0.338 e. The van der Waals surface area contributed by atoms with Crippen LogP contribution in [-0.2, 0) is 9.53 Å². The van der Waals surface area contributed by atoms with Crippen LogP contribution in [0.25, 0.3) is 11.8 Å². The highest BCUT2D eigenvalue weighted by Crippen LogP contribution is 2.32. The van der Waals surface area contributed by atoms with Crippen LogP contribution in [0.15, 0.2) is 69.6 Å². The number of fused-ring (bicyclic) bond motifs is 1. The number of aryl methyl sites for hydroxylation is 2. The van der Waals surface area contributed by atoms with E-state index in [-0.39, 0.29) is 11.7 Å². The summed E-state index contributed by atoms with van der Waals surface area (Å²) in [5, 5.41) is 0. The van der Waals surface area contributed by atoms with Crippen LogP contribution in [0.2, 0.25) is 0 Å². The first-order chi connectivity index (χ1) is 20.0. The van der Waals surface area contributed by atoms with E-state index >= 15 is 0 Å². The summed E-state index contributed by atoms with van der Waals surface area (Å²) in [6, 6.07) is 15.3. The average molecular weight is 696 g/mol.